The zero-order chi connectivity index (χ0) is 28.9. The molecular weight excluding hydrogens is 538 g/mol. The van der Waals surface area contributed by atoms with Gasteiger partial charge in [-0.05, 0) is 61.7 Å². The van der Waals surface area contributed by atoms with Gasteiger partial charge in [0.1, 0.15) is 5.82 Å². The van der Waals surface area contributed by atoms with Crippen LogP contribution in [-0.4, -0.2) is 50.1 Å². The highest BCUT2D eigenvalue weighted by Gasteiger charge is 2.39. The summed E-state index contributed by atoms with van der Waals surface area (Å²) in [7, 11) is 0. The number of nitrogens with zero attached hydrogens (tertiary/aromatic N) is 5. The summed E-state index contributed by atoms with van der Waals surface area (Å²) in [6.45, 7) is 2.31. The van der Waals surface area contributed by atoms with Crippen molar-refractivity contribution in [2.24, 2.45) is 0 Å². The molecule has 0 saturated carbocycles. The number of pyridine rings is 1. The van der Waals surface area contributed by atoms with Crippen LogP contribution in [-0.2, 0) is 17.4 Å². The molecule has 1 saturated heterocycles. The zero-order valence-corrected chi connectivity index (χ0v) is 22.0. The van der Waals surface area contributed by atoms with E-state index < -0.39 is 17.6 Å². The quantitative estimate of drug-likeness (QED) is 0.300. The van der Waals surface area contributed by atoms with Gasteiger partial charge in [0.15, 0.2) is 5.69 Å². The summed E-state index contributed by atoms with van der Waals surface area (Å²) in [5, 5.41) is 4.42. The molecule has 2 aliphatic rings. The first-order valence-corrected chi connectivity index (χ1v) is 13.2. The maximum absolute atomic E-state index is 14.5. The molecule has 4 heterocycles. The minimum atomic E-state index is -4.84. The highest BCUT2D eigenvalue weighted by molar-refractivity contribution is 6.02. The van der Waals surface area contributed by atoms with E-state index in [0.29, 0.717) is 43.1 Å². The Morgan fingerprint density at radius 2 is 1.85 bits per heavy atom. The molecule has 41 heavy (non-hydrogen) atoms. The fourth-order valence-electron chi connectivity index (χ4n) is 5.78. The summed E-state index contributed by atoms with van der Waals surface area (Å²) < 4.78 is 55.2. The largest absolute Gasteiger partial charge is 0.419 e. The van der Waals surface area contributed by atoms with Crippen LogP contribution in [0.5, 0.6) is 0 Å². The lowest BCUT2D eigenvalue weighted by molar-refractivity contribution is -0.140. The van der Waals surface area contributed by atoms with Crippen molar-refractivity contribution in [3.8, 4) is 16.9 Å². The van der Waals surface area contributed by atoms with Crippen molar-refractivity contribution in [1.29, 1.82) is 0 Å². The Labute approximate surface area is 233 Å². The van der Waals surface area contributed by atoms with E-state index >= 15 is 0 Å². The molecule has 2 aliphatic heterocycles. The lowest BCUT2D eigenvalue weighted by Crippen LogP contribution is -2.52. The summed E-state index contributed by atoms with van der Waals surface area (Å²) in [6.07, 6.45) is -0.236. The molecule has 0 spiro atoms. The fourth-order valence-corrected chi connectivity index (χ4v) is 5.78. The van der Waals surface area contributed by atoms with Crippen molar-refractivity contribution in [3.63, 3.8) is 0 Å². The Morgan fingerprint density at radius 3 is 2.56 bits per heavy atom. The van der Waals surface area contributed by atoms with E-state index in [1.165, 1.54) is 16.9 Å². The number of para-hydroxylation sites is 1. The predicted octanol–water partition coefficient (Wildman–Crippen LogP) is 5.67. The number of hydrogen-bond donors (Lipinski definition) is 0. The van der Waals surface area contributed by atoms with Crippen LogP contribution < -0.4 is 4.90 Å². The van der Waals surface area contributed by atoms with Gasteiger partial charge in [-0.2, -0.15) is 18.3 Å². The van der Waals surface area contributed by atoms with E-state index in [2.05, 4.69) is 10.1 Å². The number of piperidine rings is 1. The van der Waals surface area contributed by atoms with E-state index in [1.807, 2.05) is 36.1 Å². The summed E-state index contributed by atoms with van der Waals surface area (Å²) >= 11 is 0. The zero-order valence-electron chi connectivity index (χ0n) is 22.0. The Kier molecular flexibility index (Phi) is 6.59. The molecule has 4 aromatic rings. The van der Waals surface area contributed by atoms with Gasteiger partial charge in [0.2, 0.25) is 5.91 Å². The van der Waals surface area contributed by atoms with Crippen LogP contribution in [0.2, 0.25) is 0 Å². The van der Waals surface area contributed by atoms with E-state index in [-0.39, 0.29) is 35.3 Å². The van der Waals surface area contributed by atoms with Gasteiger partial charge in [-0.25, -0.2) is 9.07 Å². The van der Waals surface area contributed by atoms with Crippen molar-refractivity contribution < 1.29 is 27.2 Å². The van der Waals surface area contributed by atoms with Crippen LogP contribution in [0.15, 0.2) is 73.1 Å². The third-order valence-electron chi connectivity index (χ3n) is 7.72. The number of hydrogen-bond acceptors (Lipinski definition) is 4. The molecule has 2 unspecified atom stereocenters. The Balaban J connectivity index is 1.29. The van der Waals surface area contributed by atoms with Crippen molar-refractivity contribution in [3.05, 3.63) is 95.7 Å². The maximum Gasteiger partial charge on any atom is 0.419 e. The topological polar surface area (TPSA) is 71.3 Å². The summed E-state index contributed by atoms with van der Waals surface area (Å²) in [5.74, 6) is -1.75. The van der Waals surface area contributed by atoms with Crippen molar-refractivity contribution >= 4 is 17.5 Å². The number of benzene rings is 2. The molecule has 2 atom stereocenters. The van der Waals surface area contributed by atoms with Gasteiger partial charge >= 0.3 is 6.18 Å². The number of carbonyl (C=O) groups is 2. The van der Waals surface area contributed by atoms with Crippen LogP contribution in [0.3, 0.4) is 0 Å². The second-order valence-electron chi connectivity index (χ2n) is 10.3. The fraction of sp³-hybridized carbons (Fsp3) is 0.267. The molecule has 6 rings (SSSR count). The standard InChI is InChI=1S/C30H25F4N5O2/c1-18-13-21(38-26-7-3-2-5-19(26)14-28(38)40)10-12-37(18)29(41)25-16-27(20-6-4-11-35-17-20)39(36-25)22-8-9-23(24(31)15-22)30(32,33)34/h2-9,11,15-18,21H,10,12-14H2,1H3. The van der Waals surface area contributed by atoms with E-state index in [1.54, 1.807) is 23.2 Å². The molecule has 1 fully saturated rings. The summed E-state index contributed by atoms with van der Waals surface area (Å²) in [5.41, 5.74) is 1.56. The van der Waals surface area contributed by atoms with Gasteiger partial charge in [-0.1, -0.05) is 18.2 Å². The predicted molar refractivity (Wildman–Crippen MR) is 143 cm³/mol. The Bertz CT molecular complexity index is 1640. The van der Waals surface area contributed by atoms with Crippen LogP contribution >= 0.6 is 0 Å². The lowest BCUT2D eigenvalue weighted by atomic mass is 9.96. The van der Waals surface area contributed by atoms with Gasteiger partial charge in [0.25, 0.3) is 5.91 Å². The number of halogens is 4. The number of likely N-dealkylation sites (tertiary alicyclic amines) is 1. The average molecular weight is 564 g/mol. The monoisotopic (exact) mass is 563 g/mol. The lowest BCUT2D eigenvalue weighted by Gasteiger charge is -2.41. The van der Waals surface area contributed by atoms with Gasteiger partial charge in [-0.3, -0.25) is 14.6 Å². The number of fused-ring (bicyclic) bond motifs is 1. The SMILES string of the molecule is CC1CC(N2C(=O)Cc3ccccc32)CCN1C(=O)c1cc(-c2cccnc2)n(-c2ccc(C(F)(F)F)c(F)c2)n1. The highest BCUT2D eigenvalue weighted by atomic mass is 19.4. The van der Waals surface area contributed by atoms with Gasteiger partial charge in [0, 0.05) is 48.3 Å². The molecule has 2 aromatic carbocycles. The molecule has 0 aliphatic carbocycles. The first-order chi connectivity index (χ1) is 19.6. The van der Waals surface area contributed by atoms with E-state index in [0.717, 1.165) is 23.4 Å². The molecule has 7 nitrogen and oxygen atoms in total. The molecule has 0 bridgehead atoms. The van der Waals surface area contributed by atoms with Gasteiger partial charge in [0.05, 0.1) is 23.4 Å². The van der Waals surface area contributed by atoms with Crippen molar-refractivity contribution in [2.75, 3.05) is 11.4 Å². The molecule has 0 radical (unpaired) electrons. The van der Waals surface area contributed by atoms with Crippen LogP contribution in [0.25, 0.3) is 16.9 Å². The number of alkyl halides is 3. The van der Waals surface area contributed by atoms with Crippen LogP contribution in [0.1, 0.15) is 41.4 Å². The van der Waals surface area contributed by atoms with E-state index in [4.69, 9.17) is 0 Å². The molecule has 2 amide bonds. The Hall–Kier alpha value is -4.54. The molecule has 11 heteroatoms. The molecule has 2 aromatic heterocycles. The first kappa shape index (κ1) is 26.7. The second-order valence-corrected chi connectivity index (χ2v) is 10.3. The molecule has 0 N–H and O–H groups in total. The van der Waals surface area contributed by atoms with E-state index in [9.17, 15) is 27.2 Å². The van der Waals surface area contributed by atoms with Crippen molar-refractivity contribution in [1.82, 2.24) is 19.7 Å². The first-order valence-electron chi connectivity index (χ1n) is 13.2. The minimum absolute atomic E-state index is 0.0337. The second kappa shape index (κ2) is 10.1. The highest BCUT2D eigenvalue weighted by Crippen LogP contribution is 2.36. The number of aromatic nitrogens is 3. The van der Waals surface area contributed by atoms with Gasteiger partial charge in [-0.15, -0.1) is 0 Å². The van der Waals surface area contributed by atoms with Gasteiger partial charge < -0.3 is 9.80 Å². The Morgan fingerprint density at radius 1 is 1.05 bits per heavy atom. The third kappa shape index (κ3) is 4.85. The average Bonchev–Trinajstić information content (AvgIpc) is 3.53. The minimum Gasteiger partial charge on any atom is -0.334 e. The number of carbonyl (C=O) groups excluding carboxylic acids is 2. The summed E-state index contributed by atoms with van der Waals surface area (Å²) in [6, 6.07) is 14.9. The van der Waals surface area contributed by atoms with Crippen molar-refractivity contribution in [2.45, 2.75) is 44.4 Å². The smallest absolute Gasteiger partial charge is 0.334 e. The number of anilines is 1. The number of rotatable bonds is 4. The summed E-state index contributed by atoms with van der Waals surface area (Å²) in [4.78, 5) is 34.2. The molecular formula is C30H25F4N5O2. The third-order valence-corrected chi connectivity index (χ3v) is 7.72. The van der Waals surface area contributed by atoms with Crippen LogP contribution in [0.4, 0.5) is 23.2 Å². The maximum atomic E-state index is 14.5. The van der Waals surface area contributed by atoms with Crippen LogP contribution in [0, 0.1) is 5.82 Å². The number of amides is 2. The normalized spacial score (nSPS) is 19.0. The molecule has 210 valence electrons.